The van der Waals surface area contributed by atoms with Gasteiger partial charge in [-0.1, -0.05) is 31.2 Å². The lowest BCUT2D eigenvalue weighted by Crippen LogP contribution is -2.61. The van der Waals surface area contributed by atoms with E-state index < -0.39 is 17.1 Å². The first kappa shape index (κ1) is 23.5. The van der Waals surface area contributed by atoms with E-state index in [4.69, 9.17) is 0 Å². The average Bonchev–Trinajstić information content (AvgIpc) is 3.41. The summed E-state index contributed by atoms with van der Waals surface area (Å²) in [5, 5.41) is 24.2. The van der Waals surface area contributed by atoms with E-state index in [9.17, 15) is 19.8 Å². The smallest absolute Gasteiger partial charge is 0.175 e. The van der Waals surface area contributed by atoms with E-state index >= 15 is 0 Å². The van der Waals surface area contributed by atoms with Crippen molar-refractivity contribution in [1.82, 2.24) is 9.97 Å². The highest BCUT2D eigenvalue weighted by molar-refractivity contribution is 8.00. The van der Waals surface area contributed by atoms with Crippen molar-refractivity contribution in [1.29, 1.82) is 0 Å². The minimum Gasteiger partial charge on any atom is -0.393 e. The first-order chi connectivity index (χ1) is 16.7. The van der Waals surface area contributed by atoms with Crippen LogP contribution in [0, 0.1) is 28.6 Å². The lowest BCUT2D eigenvalue weighted by molar-refractivity contribution is -0.178. The molecular formula is C27H33N3O4S. The number of Topliss-reactive ketones (excluding diaryl/α,β-unsaturated/α-hetero) is 1. The summed E-state index contributed by atoms with van der Waals surface area (Å²) in [6, 6.07) is 0. The molecule has 3 saturated carbocycles. The number of allylic oxidation sites excluding steroid dienone is 1. The van der Waals surface area contributed by atoms with Crippen molar-refractivity contribution in [2.75, 3.05) is 5.75 Å². The van der Waals surface area contributed by atoms with Crippen LogP contribution in [0.25, 0.3) is 0 Å². The number of nitrogens with zero attached hydrogens (tertiary/aromatic N) is 3. The molecule has 8 heteroatoms. The summed E-state index contributed by atoms with van der Waals surface area (Å²) in [5.41, 5.74) is 0.635. The van der Waals surface area contributed by atoms with Crippen LogP contribution in [-0.4, -0.2) is 55.4 Å². The molecule has 3 fully saturated rings. The van der Waals surface area contributed by atoms with Gasteiger partial charge in [0.05, 0.1) is 24.1 Å². The molecule has 0 amide bonds. The zero-order chi connectivity index (χ0) is 24.6. The van der Waals surface area contributed by atoms with Gasteiger partial charge in [-0.15, -0.1) is 0 Å². The summed E-state index contributed by atoms with van der Waals surface area (Å²) in [6.07, 6.45) is 9.23. The van der Waals surface area contributed by atoms with Gasteiger partial charge in [0.1, 0.15) is 17.0 Å². The van der Waals surface area contributed by atoms with E-state index in [1.807, 2.05) is 13.0 Å². The second-order valence-corrected chi connectivity index (χ2v) is 12.7. The fraction of sp³-hybridized carbons (Fsp3) is 0.667. The van der Waals surface area contributed by atoms with Gasteiger partial charge in [0.15, 0.2) is 11.6 Å². The third kappa shape index (κ3) is 3.28. The molecular weight excluding hydrogens is 462 g/mol. The highest BCUT2D eigenvalue weighted by Crippen LogP contribution is 2.67. The highest BCUT2D eigenvalue weighted by Gasteiger charge is 2.68. The molecule has 0 spiro atoms. The second-order valence-electron chi connectivity index (χ2n) is 11.7. The molecule has 186 valence electrons. The zero-order valence-corrected chi connectivity index (χ0v) is 21.2. The van der Waals surface area contributed by atoms with E-state index in [2.05, 4.69) is 21.9 Å². The summed E-state index contributed by atoms with van der Waals surface area (Å²) >= 11 is 1.34. The van der Waals surface area contributed by atoms with Gasteiger partial charge in [-0.2, -0.15) is 0 Å². The fourth-order valence-electron chi connectivity index (χ4n) is 8.41. The van der Waals surface area contributed by atoms with Crippen molar-refractivity contribution >= 4 is 29.5 Å². The van der Waals surface area contributed by atoms with Crippen LogP contribution < -0.4 is 0 Å². The third-order valence-electron chi connectivity index (χ3n) is 10.2. The maximum absolute atomic E-state index is 13.6. The number of aliphatic hydroxyl groups excluding tert-OH is 1. The summed E-state index contributed by atoms with van der Waals surface area (Å²) in [6.45, 7) is 4.79. The molecule has 7 atom stereocenters. The Labute approximate surface area is 209 Å². The van der Waals surface area contributed by atoms with E-state index in [1.54, 1.807) is 6.21 Å². The first-order valence-electron chi connectivity index (χ1n) is 12.8. The van der Waals surface area contributed by atoms with Gasteiger partial charge in [-0.05, 0) is 67.8 Å². The molecule has 1 aromatic rings. The summed E-state index contributed by atoms with van der Waals surface area (Å²) in [4.78, 5) is 38.6. The van der Waals surface area contributed by atoms with Gasteiger partial charge in [-0.3, -0.25) is 14.6 Å². The number of aliphatic imine (C=N–C) groups is 1. The van der Waals surface area contributed by atoms with Gasteiger partial charge in [-0.25, -0.2) is 9.97 Å². The standard InChI is InChI=1S/C27H33N3O4S/c1-25-7-5-16(31)9-15(25)3-4-17-19-6-8-27(34,26(19,2)10-21(32)23(17)25)22(33)13-35-24-18-11-28-12-20(18)29-14-30-24/h9,11,14,17,19,21,23,32,34H,3-8,10,12-13H2,1-2H3/t17?,19?,21-,23?,25?,26?,27-/m0/s1. The predicted molar refractivity (Wildman–Crippen MR) is 132 cm³/mol. The normalized spacial score (nSPS) is 41.6. The van der Waals surface area contributed by atoms with Crippen molar-refractivity contribution in [3.8, 4) is 0 Å². The van der Waals surface area contributed by atoms with Crippen LogP contribution in [0.3, 0.4) is 0 Å². The Morgan fingerprint density at radius 1 is 1.20 bits per heavy atom. The number of rotatable bonds is 4. The minimum absolute atomic E-state index is 0.0726. The maximum Gasteiger partial charge on any atom is 0.175 e. The molecule has 2 N–H and O–H groups in total. The van der Waals surface area contributed by atoms with Gasteiger partial charge < -0.3 is 10.2 Å². The van der Waals surface area contributed by atoms with Crippen LogP contribution in [0.1, 0.15) is 70.1 Å². The van der Waals surface area contributed by atoms with Crippen LogP contribution in [0.15, 0.2) is 28.0 Å². The molecule has 1 aromatic heterocycles. The number of thioether (sulfide) groups is 1. The van der Waals surface area contributed by atoms with E-state index in [-0.39, 0.29) is 40.5 Å². The summed E-state index contributed by atoms with van der Waals surface area (Å²) in [7, 11) is 0. The van der Waals surface area contributed by atoms with Crippen LogP contribution >= 0.6 is 11.8 Å². The largest absolute Gasteiger partial charge is 0.393 e. The molecule has 0 aromatic carbocycles. The van der Waals surface area contributed by atoms with Crippen LogP contribution in [0.5, 0.6) is 0 Å². The van der Waals surface area contributed by atoms with Crippen molar-refractivity contribution in [3.05, 3.63) is 29.2 Å². The Morgan fingerprint density at radius 2 is 2.03 bits per heavy atom. The monoisotopic (exact) mass is 495 g/mol. The van der Waals surface area contributed by atoms with Gasteiger partial charge in [0.25, 0.3) is 0 Å². The number of fused-ring (bicyclic) bond motifs is 6. The zero-order valence-electron chi connectivity index (χ0n) is 20.4. The third-order valence-corrected chi connectivity index (χ3v) is 11.2. The number of carbonyl (C=O) groups is 2. The molecule has 5 aliphatic rings. The maximum atomic E-state index is 13.6. The van der Waals surface area contributed by atoms with Crippen molar-refractivity contribution in [2.45, 2.75) is 82.1 Å². The molecule has 0 bridgehead atoms. The van der Waals surface area contributed by atoms with Crippen LogP contribution in [0.4, 0.5) is 0 Å². The van der Waals surface area contributed by atoms with Gasteiger partial charge >= 0.3 is 0 Å². The molecule has 0 radical (unpaired) electrons. The Kier molecular flexibility index (Phi) is 5.40. The molecule has 0 saturated heterocycles. The number of hydrogen-bond acceptors (Lipinski definition) is 8. The molecule has 1 aliphatic heterocycles. The minimum atomic E-state index is -1.46. The Hall–Kier alpha value is -1.90. The SMILES string of the molecule is CC12CCC(=O)C=C1CCC1C2[C@@H](O)CC2(C)C1CC[C@]2(O)C(=O)CSc1ncnc2c1C=NC2. The summed E-state index contributed by atoms with van der Waals surface area (Å²) < 4.78 is 0. The average molecular weight is 496 g/mol. The second kappa shape index (κ2) is 8.05. The Morgan fingerprint density at radius 3 is 2.86 bits per heavy atom. The van der Waals surface area contributed by atoms with Crippen molar-refractivity contribution in [2.24, 2.45) is 33.6 Å². The summed E-state index contributed by atoms with van der Waals surface area (Å²) in [5.74, 6) is 0.656. The van der Waals surface area contributed by atoms with Crippen molar-refractivity contribution < 1.29 is 19.8 Å². The molecule has 2 heterocycles. The lowest BCUT2D eigenvalue weighted by Gasteiger charge is -2.60. The number of aliphatic hydroxyl groups is 2. The first-order valence-corrected chi connectivity index (χ1v) is 13.8. The Bertz CT molecular complexity index is 1170. The van der Waals surface area contributed by atoms with E-state index in [0.29, 0.717) is 25.8 Å². The molecule has 4 aliphatic carbocycles. The number of ketones is 2. The van der Waals surface area contributed by atoms with E-state index in [1.165, 1.54) is 23.7 Å². The van der Waals surface area contributed by atoms with E-state index in [0.717, 1.165) is 42.0 Å². The lowest BCUT2D eigenvalue weighted by atomic mass is 9.45. The Balaban J connectivity index is 1.25. The molecule has 6 rings (SSSR count). The molecule has 35 heavy (non-hydrogen) atoms. The van der Waals surface area contributed by atoms with Crippen LogP contribution in [-0.2, 0) is 16.1 Å². The number of aromatic nitrogens is 2. The number of hydrogen-bond donors (Lipinski definition) is 2. The predicted octanol–water partition coefficient (Wildman–Crippen LogP) is 3.30. The van der Waals surface area contributed by atoms with Crippen LogP contribution in [0.2, 0.25) is 0 Å². The molecule has 5 unspecified atom stereocenters. The van der Waals surface area contributed by atoms with Crippen molar-refractivity contribution in [3.63, 3.8) is 0 Å². The van der Waals surface area contributed by atoms with Gasteiger partial charge in [0.2, 0.25) is 0 Å². The topological polar surface area (TPSA) is 113 Å². The van der Waals surface area contributed by atoms with Gasteiger partial charge in [0, 0.05) is 23.6 Å². The molecule has 7 nitrogen and oxygen atoms in total. The fourth-order valence-corrected chi connectivity index (χ4v) is 9.37. The number of carbonyl (C=O) groups excluding carboxylic acids is 2. The highest BCUT2D eigenvalue weighted by atomic mass is 32.2. The quantitative estimate of drug-likeness (QED) is 0.487.